The van der Waals surface area contributed by atoms with E-state index in [1.165, 1.54) is 6.92 Å². The third kappa shape index (κ3) is 5.59. The Hall–Kier alpha value is -2.37. The molecular formula is C19H21ClN2O3. The molecule has 0 aromatic heterocycles. The zero-order valence-corrected chi connectivity index (χ0v) is 15.3. The Morgan fingerprint density at radius 2 is 1.84 bits per heavy atom. The van der Waals surface area contributed by atoms with Crippen molar-refractivity contribution in [3.05, 3.63) is 58.6 Å². The minimum Gasteiger partial charge on any atom is -0.496 e. The number of Topliss-reactive ketones (excluding diaryl/α,β-unsaturated/α-hetero) is 1. The number of rotatable bonds is 7. The first kappa shape index (κ1) is 19.0. The van der Waals surface area contributed by atoms with Crippen molar-refractivity contribution < 1.29 is 14.3 Å². The van der Waals surface area contributed by atoms with Crippen molar-refractivity contribution in [1.82, 2.24) is 4.90 Å². The van der Waals surface area contributed by atoms with E-state index in [1.54, 1.807) is 49.6 Å². The fourth-order valence-corrected chi connectivity index (χ4v) is 2.57. The lowest BCUT2D eigenvalue weighted by molar-refractivity contribution is -0.117. The lowest BCUT2D eigenvalue weighted by atomic mass is 10.1. The van der Waals surface area contributed by atoms with Gasteiger partial charge in [0.1, 0.15) is 5.75 Å². The summed E-state index contributed by atoms with van der Waals surface area (Å²) in [6.45, 7) is 2.21. The summed E-state index contributed by atoms with van der Waals surface area (Å²) in [7, 11) is 3.42. The third-order valence-corrected chi connectivity index (χ3v) is 3.92. The van der Waals surface area contributed by atoms with Crippen LogP contribution in [0.15, 0.2) is 42.5 Å². The van der Waals surface area contributed by atoms with Gasteiger partial charge in [-0.15, -0.1) is 0 Å². The number of carbonyl (C=O) groups is 2. The Labute approximate surface area is 152 Å². The molecule has 0 radical (unpaired) electrons. The summed E-state index contributed by atoms with van der Waals surface area (Å²) in [6.07, 6.45) is 0. The zero-order valence-electron chi connectivity index (χ0n) is 14.5. The molecule has 0 unspecified atom stereocenters. The van der Waals surface area contributed by atoms with Gasteiger partial charge >= 0.3 is 0 Å². The van der Waals surface area contributed by atoms with E-state index in [4.69, 9.17) is 16.3 Å². The van der Waals surface area contributed by atoms with Gasteiger partial charge in [-0.25, -0.2) is 0 Å². The number of nitrogens with zero attached hydrogens (tertiary/aromatic N) is 1. The molecule has 6 heteroatoms. The van der Waals surface area contributed by atoms with E-state index in [1.807, 2.05) is 11.9 Å². The molecule has 2 aromatic carbocycles. The zero-order chi connectivity index (χ0) is 18.4. The van der Waals surface area contributed by atoms with E-state index in [-0.39, 0.29) is 18.2 Å². The van der Waals surface area contributed by atoms with Crippen LogP contribution in [-0.2, 0) is 11.3 Å². The first-order chi connectivity index (χ1) is 11.9. The Morgan fingerprint density at radius 1 is 1.16 bits per heavy atom. The van der Waals surface area contributed by atoms with E-state index < -0.39 is 0 Å². The Balaban J connectivity index is 2.00. The summed E-state index contributed by atoms with van der Waals surface area (Å²) in [6, 6.07) is 12.2. The van der Waals surface area contributed by atoms with Crippen LogP contribution < -0.4 is 10.1 Å². The van der Waals surface area contributed by atoms with Crippen molar-refractivity contribution in [3.63, 3.8) is 0 Å². The first-order valence-corrected chi connectivity index (χ1v) is 8.18. The number of nitrogens with one attached hydrogen (secondary N) is 1. The largest absolute Gasteiger partial charge is 0.496 e. The van der Waals surface area contributed by atoms with Crippen LogP contribution in [0.2, 0.25) is 5.02 Å². The van der Waals surface area contributed by atoms with Crippen LogP contribution in [0.1, 0.15) is 22.8 Å². The number of ketones is 1. The van der Waals surface area contributed by atoms with Gasteiger partial charge < -0.3 is 10.1 Å². The number of carbonyl (C=O) groups excluding carboxylic acids is 2. The number of anilines is 1. The van der Waals surface area contributed by atoms with Crippen molar-refractivity contribution in [3.8, 4) is 5.75 Å². The van der Waals surface area contributed by atoms with Gasteiger partial charge in [-0.3, -0.25) is 14.5 Å². The highest BCUT2D eigenvalue weighted by Crippen LogP contribution is 2.21. The molecule has 0 aliphatic carbocycles. The lowest BCUT2D eigenvalue weighted by Crippen LogP contribution is -2.30. The van der Waals surface area contributed by atoms with Crippen molar-refractivity contribution in [2.45, 2.75) is 13.5 Å². The summed E-state index contributed by atoms with van der Waals surface area (Å²) in [5, 5.41) is 3.44. The third-order valence-electron chi connectivity index (χ3n) is 3.67. The SMILES string of the molecule is COc1ccc(C(C)=O)cc1CN(C)CC(=O)Nc1ccc(Cl)cc1. The van der Waals surface area contributed by atoms with E-state index in [2.05, 4.69) is 5.32 Å². The van der Waals surface area contributed by atoms with Gasteiger partial charge in [-0.1, -0.05) is 11.6 Å². The highest BCUT2D eigenvalue weighted by atomic mass is 35.5. The number of hydrogen-bond donors (Lipinski definition) is 1. The number of benzene rings is 2. The molecule has 25 heavy (non-hydrogen) atoms. The Kier molecular flexibility index (Phi) is 6.56. The molecule has 0 saturated carbocycles. The van der Waals surface area contributed by atoms with E-state index in [0.717, 1.165) is 5.56 Å². The second-order valence-electron chi connectivity index (χ2n) is 5.81. The highest BCUT2D eigenvalue weighted by molar-refractivity contribution is 6.30. The first-order valence-electron chi connectivity index (χ1n) is 7.81. The molecule has 2 rings (SSSR count). The number of hydrogen-bond acceptors (Lipinski definition) is 4. The quantitative estimate of drug-likeness (QED) is 0.766. The Bertz CT molecular complexity index is 760. The highest BCUT2D eigenvalue weighted by Gasteiger charge is 2.12. The molecule has 0 bridgehead atoms. The van der Waals surface area contributed by atoms with Crippen LogP contribution in [0, 0.1) is 0 Å². The van der Waals surface area contributed by atoms with E-state index in [9.17, 15) is 9.59 Å². The molecular weight excluding hydrogens is 340 g/mol. The second-order valence-corrected chi connectivity index (χ2v) is 6.25. The van der Waals surface area contributed by atoms with Gasteiger partial charge in [0, 0.05) is 28.4 Å². The summed E-state index contributed by atoms with van der Waals surface area (Å²) >= 11 is 5.83. The van der Waals surface area contributed by atoms with Crippen LogP contribution in [0.3, 0.4) is 0 Å². The number of halogens is 1. The van der Waals surface area contributed by atoms with Gasteiger partial charge in [0.2, 0.25) is 5.91 Å². The number of likely N-dealkylation sites (N-methyl/N-ethyl adjacent to an activating group) is 1. The molecule has 5 nitrogen and oxygen atoms in total. The summed E-state index contributed by atoms with van der Waals surface area (Å²) in [5.74, 6) is 0.550. The van der Waals surface area contributed by atoms with Crippen molar-refractivity contribution >= 4 is 29.0 Å². The predicted octanol–water partition coefficient (Wildman–Crippen LogP) is 3.62. The average Bonchev–Trinajstić information content (AvgIpc) is 2.56. The Morgan fingerprint density at radius 3 is 2.44 bits per heavy atom. The van der Waals surface area contributed by atoms with Crippen molar-refractivity contribution in [2.75, 3.05) is 26.0 Å². The summed E-state index contributed by atoms with van der Waals surface area (Å²) in [4.78, 5) is 25.6. The molecule has 0 atom stereocenters. The molecule has 0 aliphatic rings. The summed E-state index contributed by atoms with van der Waals surface area (Å²) in [5.41, 5.74) is 2.17. The lowest BCUT2D eigenvalue weighted by Gasteiger charge is -2.18. The van der Waals surface area contributed by atoms with Crippen LogP contribution >= 0.6 is 11.6 Å². The number of methoxy groups -OCH3 is 1. The van der Waals surface area contributed by atoms with Crippen LogP contribution in [0.25, 0.3) is 0 Å². The standard InChI is InChI=1S/C19H21ClN2O3/c1-13(23)14-4-9-18(25-3)15(10-14)11-22(2)12-19(24)21-17-7-5-16(20)6-8-17/h4-10H,11-12H2,1-3H3,(H,21,24). The number of amides is 1. The minimum atomic E-state index is -0.133. The average molecular weight is 361 g/mol. The maximum Gasteiger partial charge on any atom is 0.238 e. The van der Waals surface area contributed by atoms with Crippen LogP contribution in [0.5, 0.6) is 5.75 Å². The maximum absolute atomic E-state index is 12.2. The van der Waals surface area contributed by atoms with Gasteiger partial charge in [0.25, 0.3) is 0 Å². The molecule has 132 valence electrons. The molecule has 1 N–H and O–H groups in total. The molecule has 2 aromatic rings. The molecule has 0 fully saturated rings. The van der Waals surface area contributed by atoms with Gasteiger partial charge in [-0.05, 0) is 56.4 Å². The normalized spacial score (nSPS) is 10.6. The minimum absolute atomic E-state index is 0.00737. The molecule has 1 amide bonds. The van der Waals surface area contributed by atoms with E-state index in [0.29, 0.717) is 28.6 Å². The fraction of sp³-hybridized carbons (Fsp3) is 0.263. The maximum atomic E-state index is 12.2. The molecule has 0 saturated heterocycles. The van der Waals surface area contributed by atoms with Crippen LogP contribution in [-0.4, -0.2) is 37.3 Å². The van der Waals surface area contributed by atoms with E-state index >= 15 is 0 Å². The van der Waals surface area contributed by atoms with Crippen LogP contribution in [0.4, 0.5) is 5.69 Å². The fourth-order valence-electron chi connectivity index (χ4n) is 2.45. The van der Waals surface area contributed by atoms with Gasteiger partial charge in [0.05, 0.1) is 13.7 Å². The van der Waals surface area contributed by atoms with Gasteiger partial charge in [-0.2, -0.15) is 0 Å². The van der Waals surface area contributed by atoms with Crippen molar-refractivity contribution in [2.24, 2.45) is 0 Å². The summed E-state index contributed by atoms with van der Waals surface area (Å²) < 4.78 is 5.34. The smallest absolute Gasteiger partial charge is 0.238 e. The predicted molar refractivity (Wildman–Crippen MR) is 99.4 cm³/mol. The topological polar surface area (TPSA) is 58.6 Å². The second kappa shape index (κ2) is 8.65. The molecule has 0 spiro atoms. The number of ether oxygens (including phenoxy) is 1. The van der Waals surface area contributed by atoms with Gasteiger partial charge in [0.15, 0.2) is 5.78 Å². The molecule has 0 aliphatic heterocycles. The monoisotopic (exact) mass is 360 g/mol. The van der Waals surface area contributed by atoms with Crippen molar-refractivity contribution in [1.29, 1.82) is 0 Å². The molecule has 0 heterocycles.